The summed E-state index contributed by atoms with van der Waals surface area (Å²) in [6, 6.07) is 15.4. The van der Waals surface area contributed by atoms with Crippen molar-refractivity contribution in [1.82, 2.24) is 9.38 Å². The maximum Gasteiger partial charge on any atom is 0.326 e. The highest BCUT2D eigenvalue weighted by Gasteiger charge is 2.22. The van der Waals surface area contributed by atoms with Crippen LogP contribution in [-0.4, -0.2) is 26.5 Å². The van der Waals surface area contributed by atoms with Gasteiger partial charge in [0.2, 0.25) is 0 Å². The van der Waals surface area contributed by atoms with Gasteiger partial charge in [0.25, 0.3) is 0 Å². The molecule has 0 aliphatic carbocycles. The number of hydrogen-bond donors (Lipinski definition) is 2. The number of benzene rings is 1. The monoisotopic (exact) mass is 351 g/mol. The number of imidazole rings is 1. The predicted octanol–water partition coefficient (Wildman–Crippen LogP) is 4.03. The molecule has 1 unspecified atom stereocenters. The first-order valence-corrected chi connectivity index (χ1v) is 9.04. The second-order valence-corrected chi connectivity index (χ2v) is 6.99. The van der Waals surface area contributed by atoms with Crippen LogP contribution in [0, 0.1) is 5.92 Å². The third kappa shape index (κ3) is 4.23. The minimum absolute atomic E-state index is 0.288. The molecule has 0 amide bonds. The van der Waals surface area contributed by atoms with Crippen LogP contribution in [0.4, 0.5) is 5.82 Å². The van der Waals surface area contributed by atoms with E-state index in [0.717, 1.165) is 30.0 Å². The van der Waals surface area contributed by atoms with Crippen molar-refractivity contribution in [3.05, 3.63) is 66.0 Å². The van der Waals surface area contributed by atoms with Gasteiger partial charge in [-0.2, -0.15) is 0 Å². The van der Waals surface area contributed by atoms with Crippen LogP contribution in [0.2, 0.25) is 0 Å². The number of aliphatic carboxylic acids is 1. The molecular weight excluding hydrogens is 326 g/mol. The fourth-order valence-corrected chi connectivity index (χ4v) is 3.14. The lowest BCUT2D eigenvalue weighted by Gasteiger charge is -2.18. The van der Waals surface area contributed by atoms with Gasteiger partial charge in [-0.25, -0.2) is 9.78 Å². The summed E-state index contributed by atoms with van der Waals surface area (Å²) in [6.45, 7) is 4.06. The second kappa shape index (κ2) is 8.04. The number of hydrogen-bond acceptors (Lipinski definition) is 3. The first kappa shape index (κ1) is 18.0. The van der Waals surface area contributed by atoms with E-state index in [2.05, 4.69) is 17.4 Å². The lowest BCUT2D eigenvalue weighted by Crippen LogP contribution is -2.31. The molecule has 2 aromatic heterocycles. The van der Waals surface area contributed by atoms with E-state index < -0.39 is 12.0 Å². The molecule has 2 N–H and O–H groups in total. The summed E-state index contributed by atoms with van der Waals surface area (Å²) in [7, 11) is 0. The molecule has 0 spiro atoms. The first-order valence-electron chi connectivity index (χ1n) is 9.04. The fraction of sp³-hybridized carbons (Fsp3) is 0.333. The van der Waals surface area contributed by atoms with Crippen molar-refractivity contribution < 1.29 is 9.90 Å². The van der Waals surface area contributed by atoms with Crippen LogP contribution in [0.5, 0.6) is 0 Å². The Labute approximate surface area is 153 Å². The van der Waals surface area contributed by atoms with Gasteiger partial charge in [-0.15, -0.1) is 0 Å². The SMILES string of the molecule is CC(C)CC(Nc1c(CCc2ccccc2)nc2ccccn12)C(=O)O. The highest BCUT2D eigenvalue weighted by molar-refractivity contribution is 5.77. The molecule has 5 nitrogen and oxygen atoms in total. The smallest absolute Gasteiger partial charge is 0.326 e. The largest absolute Gasteiger partial charge is 0.480 e. The molecule has 0 radical (unpaired) electrons. The van der Waals surface area contributed by atoms with Crippen LogP contribution in [0.3, 0.4) is 0 Å². The van der Waals surface area contributed by atoms with E-state index in [1.165, 1.54) is 5.56 Å². The number of rotatable bonds is 8. The van der Waals surface area contributed by atoms with E-state index in [4.69, 9.17) is 4.98 Å². The Morgan fingerprint density at radius 1 is 1.12 bits per heavy atom. The van der Waals surface area contributed by atoms with Crippen molar-refractivity contribution in [1.29, 1.82) is 0 Å². The number of nitrogens with one attached hydrogen (secondary N) is 1. The van der Waals surface area contributed by atoms with Gasteiger partial charge < -0.3 is 10.4 Å². The molecule has 0 saturated carbocycles. The minimum Gasteiger partial charge on any atom is -0.480 e. The third-order valence-electron chi connectivity index (χ3n) is 4.41. The highest BCUT2D eigenvalue weighted by Crippen LogP contribution is 2.22. The summed E-state index contributed by atoms with van der Waals surface area (Å²) in [4.78, 5) is 16.4. The summed E-state index contributed by atoms with van der Waals surface area (Å²) >= 11 is 0. The minimum atomic E-state index is -0.835. The molecule has 2 heterocycles. The molecule has 0 bridgehead atoms. The van der Waals surface area contributed by atoms with Gasteiger partial charge in [-0.1, -0.05) is 50.2 Å². The van der Waals surface area contributed by atoms with Crippen molar-refractivity contribution in [2.75, 3.05) is 5.32 Å². The molecule has 5 heteroatoms. The molecule has 26 heavy (non-hydrogen) atoms. The number of fused-ring (bicyclic) bond motifs is 1. The van der Waals surface area contributed by atoms with Gasteiger partial charge in [0.05, 0.1) is 5.69 Å². The zero-order valence-corrected chi connectivity index (χ0v) is 15.2. The van der Waals surface area contributed by atoms with Crippen molar-refractivity contribution in [2.45, 2.75) is 39.2 Å². The lowest BCUT2D eigenvalue weighted by atomic mass is 10.0. The highest BCUT2D eigenvalue weighted by atomic mass is 16.4. The number of nitrogens with zero attached hydrogens (tertiary/aromatic N) is 2. The molecule has 1 atom stereocenters. The van der Waals surface area contributed by atoms with E-state index in [0.29, 0.717) is 6.42 Å². The average Bonchev–Trinajstić information content (AvgIpc) is 2.97. The zero-order chi connectivity index (χ0) is 18.5. The lowest BCUT2D eigenvalue weighted by molar-refractivity contribution is -0.138. The average molecular weight is 351 g/mol. The Kier molecular flexibility index (Phi) is 5.56. The molecule has 3 aromatic rings. The van der Waals surface area contributed by atoms with Crippen LogP contribution < -0.4 is 5.32 Å². The number of aryl methyl sites for hydroxylation is 2. The maximum atomic E-state index is 11.7. The molecule has 136 valence electrons. The number of anilines is 1. The van der Waals surface area contributed by atoms with Crippen molar-refractivity contribution in [3.63, 3.8) is 0 Å². The normalized spacial score (nSPS) is 12.4. The van der Waals surface area contributed by atoms with Crippen molar-refractivity contribution in [3.8, 4) is 0 Å². The van der Waals surface area contributed by atoms with E-state index in [1.807, 2.05) is 60.8 Å². The molecule has 0 saturated heterocycles. The Balaban J connectivity index is 1.90. The summed E-state index contributed by atoms with van der Waals surface area (Å²) in [5, 5.41) is 12.8. The Hall–Kier alpha value is -2.82. The summed E-state index contributed by atoms with van der Waals surface area (Å²) in [5.74, 6) is 0.235. The van der Waals surface area contributed by atoms with Gasteiger partial charge in [0, 0.05) is 6.20 Å². The molecule has 3 rings (SSSR count). The Morgan fingerprint density at radius 2 is 1.85 bits per heavy atom. The standard InChI is InChI=1S/C21H25N3O2/c1-15(2)14-18(21(25)26)23-20-17(12-11-16-8-4-3-5-9-16)22-19-10-6-7-13-24(19)20/h3-10,13,15,18,23H,11-12,14H2,1-2H3,(H,25,26). The van der Waals surface area contributed by atoms with E-state index in [-0.39, 0.29) is 5.92 Å². The number of aromatic nitrogens is 2. The molecule has 1 aromatic carbocycles. The number of carboxylic acid groups (broad SMARTS) is 1. The maximum absolute atomic E-state index is 11.7. The topological polar surface area (TPSA) is 66.6 Å². The van der Waals surface area contributed by atoms with Gasteiger partial charge in [0.15, 0.2) is 0 Å². The Bertz CT molecular complexity index is 871. The van der Waals surface area contributed by atoms with Crippen LogP contribution in [0.1, 0.15) is 31.5 Å². The molecular formula is C21H25N3O2. The van der Waals surface area contributed by atoms with Gasteiger partial charge in [-0.3, -0.25) is 4.40 Å². The summed E-state index contributed by atoms with van der Waals surface area (Å²) < 4.78 is 1.94. The second-order valence-electron chi connectivity index (χ2n) is 6.99. The van der Waals surface area contributed by atoms with Crippen LogP contribution in [-0.2, 0) is 17.6 Å². The van der Waals surface area contributed by atoms with Crippen LogP contribution >= 0.6 is 0 Å². The zero-order valence-electron chi connectivity index (χ0n) is 15.2. The van der Waals surface area contributed by atoms with E-state index >= 15 is 0 Å². The number of carbonyl (C=O) groups is 1. The molecule has 0 fully saturated rings. The van der Waals surface area contributed by atoms with Gasteiger partial charge >= 0.3 is 5.97 Å². The van der Waals surface area contributed by atoms with Gasteiger partial charge in [0.1, 0.15) is 17.5 Å². The van der Waals surface area contributed by atoms with E-state index in [9.17, 15) is 9.90 Å². The Morgan fingerprint density at radius 3 is 2.54 bits per heavy atom. The van der Waals surface area contributed by atoms with Gasteiger partial charge in [-0.05, 0) is 42.9 Å². The fourth-order valence-electron chi connectivity index (χ4n) is 3.14. The number of pyridine rings is 1. The molecule has 0 aliphatic rings. The predicted molar refractivity (Wildman–Crippen MR) is 104 cm³/mol. The summed E-state index contributed by atoms with van der Waals surface area (Å²) in [6.07, 6.45) is 4.10. The van der Waals surface area contributed by atoms with E-state index in [1.54, 1.807) is 0 Å². The van der Waals surface area contributed by atoms with Crippen LogP contribution in [0.15, 0.2) is 54.7 Å². The first-order chi connectivity index (χ1) is 12.5. The summed E-state index contributed by atoms with van der Waals surface area (Å²) in [5.41, 5.74) is 2.97. The van der Waals surface area contributed by atoms with Crippen LogP contribution in [0.25, 0.3) is 5.65 Å². The van der Waals surface area contributed by atoms with Crippen molar-refractivity contribution >= 4 is 17.4 Å². The quantitative estimate of drug-likeness (QED) is 0.643. The third-order valence-corrected chi connectivity index (χ3v) is 4.41. The number of carboxylic acids is 1. The molecule has 0 aliphatic heterocycles. The van der Waals surface area contributed by atoms with Crippen molar-refractivity contribution in [2.24, 2.45) is 5.92 Å².